The predicted octanol–water partition coefficient (Wildman–Crippen LogP) is 3.83. The number of aryl methyl sites for hydroxylation is 1. The highest BCUT2D eigenvalue weighted by Crippen LogP contribution is 2.31. The van der Waals surface area contributed by atoms with Gasteiger partial charge in [0, 0.05) is 6.04 Å². The van der Waals surface area contributed by atoms with E-state index in [4.69, 9.17) is 10.5 Å². The molecule has 0 aliphatic carbocycles. The maximum Gasteiger partial charge on any atom is 0.123 e. The molecule has 100 valence electrons. The van der Waals surface area contributed by atoms with E-state index in [2.05, 4.69) is 0 Å². The molecule has 0 aliphatic heterocycles. The van der Waals surface area contributed by atoms with E-state index in [-0.39, 0.29) is 11.9 Å². The van der Waals surface area contributed by atoms with Crippen LogP contribution in [0.5, 0.6) is 5.75 Å². The van der Waals surface area contributed by atoms with E-state index in [0.29, 0.717) is 0 Å². The lowest BCUT2D eigenvalue weighted by Gasteiger charge is -2.14. The standard InChI is InChI=1S/C16H18FNO/c1-10-8-12(4-7-16(10)19-3)15-9-13(17)5-6-14(15)11(2)18/h4-9,11H,18H2,1-3H3. The van der Waals surface area contributed by atoms with Gasteiger partial charge in [-0.3, -0.25) is 0 Å². The Morgan fingerprint density at radius 1 is 1.16 bits per heavy atom. The minimum absolute atomic E-state index is 0.141. The Kier molecular flexibility index (Phi) is 3.86. The normalized spacial score (nSPS) is 12.3. The number of nitrogens with two attached hydrogens (primary N) is 1. The third kappa shape index (κ3) is 2.76. The number of halogens is 1. The third-order valence-electron chi connectivity index (χ3n) is 3.21. The van der Waals surface area contributed by atoms with Gasteiger partial charge < -0.3 is 10.5 Å². The lowest BCUT2D eigenvalue weighted by atomic mass is 9.94. The van der Waals surface area contributed by atoms with Gasteiger partial charge in [-0.25, -0.2) is 4.39 Å². The van der Waals surface area contributed by atoms with Crippen LogP contribution >= 0.6 is 0 Å². The van der Waals surface area contributed by atoms with Crippen LogP contribution in [0.4, 0.5) is 4.39 Å². The predicted molar refractivity (Wildman–Crippen MR) is 75.7 cm³/mol. The Hall–Kier alpha value is -1.87. The minimum Gasteiger partial charge on any atom is -0.496 e. The molecule has 0 aromatic heterocycles. The van der Waals surface area contributed by atoms with E-state index < -0.39 is 0 Å². The van der Waals surface area contributed by atoms with Crippen molar-refractivity contribution in [3.63, 3.8) is 0 Å². The first-order valence-corrected chi connectivity index (χ1v) is 6.23. The molecule has 0 amide bonds. The van der Waals surface area contributed by atoms with Crippen LogP contribution in [0.1, 0.15) is 24.1 Å². The van der Waals surface area contributed by atoms with Crippen LogP contribution in [0, 0.1) is 12.7 Å². The minimum atomic E-state index is -0.257. The van der Waals surface area contributed by atoms with Gasteiger partial charge in [-0.2, -0.15) is 0 Å². The van der Waals surface area contributed by atoms with E-state index >= 15 is 0 Å². The summed E-state index contributed by atoms with van der Waals surface area (Å²) >= 11 is 0. The van der Waals surface area contributed by atoms with Crippen LogP contribution in [0.15, 0.2) is 36.4 Å². The Morgan fingerprint density at radius 3 is 2.47 bits per heavy atom. The maximum atomic E-state index is 13.5. The molecule has 2 aromatic rings. The summed E-state index contributed by atoms with van der Waals surface area (Å²) in [6, 6.07) is 10.4. The van der Waals surface area contributed by atoms with Gasteiger partial charge in [0.2, 0.25) is 0 Å². The van der Waals surface area contributed by atoms with Gasteiger partial charge in [-0.1, -0.05) is 12.1 Å². The summed E-state index contributed by atoms with van der Waals surface area (Å²) in [5.74, 6) is 0.565. The number of hydrogen-bond acceptors (Lipinski definition) is 2. The summed E-state index contributed by atoms with van der Waals surface area (Å²) in [6.07, 6.45) is 0. The first-order valence-electron chi connectivity index (χ1n) is 6.23. The van der Waals surface area contributed by atoms with Gasteiger partial charge in [0.05, 0.1) is 7.11 Å². The van der Waals surface area contributed by atoms with Crippen LogP contribution in [-0.4, -0.2) is 7.11 Å². The van der Waals surface area contributed by atoms with E-state index in [1.54, 1.807) is 13.2 Å². The van der Waals surface area contributed by atoms with Gasteiger partial charge >= 0.3 is 0 Å². The molecule has 1 atom stereocenters. The Morgan fingerprint density at radius 2 is 1.89 bits per heavy atom. The number of methoxy groups -OCH3 is 1. The van der Waals surface area contributed by atoms with Crippen molar-refractivity contribution in [2.45, 2.75) is 19.9 Å². The molecule has 0 saturated carbocycles. The SMILES string of the molecule is COc1ccc(-c2cc(F)ccc2C(C)N)cc1C. The summed E-state index contributed by atoms with van der Waals surface area (Å²) in [4.78, 5) is 0. The molecule has 0 heterocycles. The summed E-state index contributed by atoms with van der Waals surface area (Å²) in [6.45, 7) is 3.86. The second-order valence-corrected chi connectivity index (χ2v) is 4.70. The van der Waals surface area contributed by atoms with E-state index in [9.17, 15) is 4.39 Å². The van der Waals surface area contributed by atoms with Crippen molar-refractivity contribution < 1.29 is 9.13 Å². The Labute approximate surface area is 113 Å². The fourth-order valence-electron chi connectivity index (χ4n) is 2.22. The van der Waals surface area contributed by atoms with Crippen molar-refractivity contribution >= 4 is 0 Å². The molecular formula is C16H18FNO. The molecule has 0 bridgehead atoms. The Bertz CT molecular complexity index is 593. The average Bonchev–Trinajstić information content (AvgIpc) is 2.38. The molecule has 2 N–H and O–H groups in total. The summed E-state index contributed by atoms with van der Waals surface area (Å²) in [5.41, 5.74) is 9.68. The van der Waals surface area contributed by atoms with Crippen molar-refractivity contribution in [2.75, 3.05) is 7.11 Å². The van der Waals surface area contributed by atoms with Crippen LogP contribution < -0.4 is 10.5 Å². The monoisotopic (exact) mass is 259 g/mol. The fourth-order valence-corrected chi connectivity index (χ4v) is 2.22. The molecule has 1 unspecified atom stereocenters. The van der Waals surface area contributed by atoms with Crippen molar-refractivity contribution in [3.05, 3.63) is 53.3 Å². The Balaban J connectivity index is 2.57. The van der Waals surface area contributed by atoms with Crippen LogP contribution in [0.2, 0.25) is 0 Å². The molecule has 0 aliphatic rings. The quantitative estimate of drug-likeness (QED) is 0.909. The molecule has 2 rings (SSSR count). The zero-order valence-corrected chi connectivity index (χ0v) is 11.4. The second-order valence-electron chi connectivity index (χ2n) is 4.70. The first kappa shape index (κ1) is 13.6. The number of ether oxygens (including phenoxy) is 1. The second kappa shape index (κ2) is 5.41. The molecule has 0 spiro atoms. The fraction of sp³-hybridized carbons (Fsp3) is 0.250. The molecule has 3 heteroatoms. The largest absolute Gasteiger partial charge is 0.496 e. The number of benzene rings is 2. The van der Waals surface area contributed by atoms with Gasteiger partial charge in [0.25, 0.3) is 0 Å². The maximum absolute atomic E-state index is 13.5. The van der Waals surface area contributed by atoms with Crippen LogP contribution in [0.3, 0.4) is 0 Å². The highest BCUT2D eigenvalue weighted by Gasteiger charge is 2.11. The highest BCUT2D eigenvalue weighted by molar-refractivity contribution is 5.69. The lowest BCUT2D eigenvalue weighted by molar-refractivity contribution is 0.412. The van der Waals surface area contributed by atoms with E-state index in [0.717, 1.165) is 28.0 Å². The summed E-state index contributed by atoms with van der Waals surface area (Å²) in [5, 5.41) is 0. The number of hydrogen-bond donors (Lipinski definition) is 1. The molecular weight excluding hydrogens is 241 g/mol. The van der Waals surface area contributed by atoms with Crippen molar-refractivity contribution in [1.29, 1.82) is 0 Å². The van der Waals surface area contributed by atoms with Crippen molar-refractivity contribution in [2.24, 2.45) is 5.73 Å². The van der Waals surface area contributed by atoms with Crippen molar-refractivity contribution in [1.82, 2.24) is 0 Å². The molecule has 0 radical (unpaired) electrons. The highest BCUT2D eigenvalue weighted by atomic mass is 19.1. The first-order chi connectivity index (χ1) is 9.02. The number of rotatable bonds is 3. The van der Waals surface area contributed by atoms with E-state index in [1.807, 2.05) is 32.0 Å². The van der Waals surface area contributed by atoms with Crippen LogP contribution in [-0.2, 0) is 0 Å². The topological polar surface area (TPSA) is 35.2 Å². The van der Waals surface area contributed by atoms with Gasteiger partial charge in [-0.05, 0) is 60.4 Å². The van der Waals surface area contributed by atoms with E-state index in [1.165, 1.54) is 12.1 Å². The van der Waals surface area contributed by atoms with Gasteiger partial charge in [-0.15, -0.1) is 0 Å². The zero-order valence-electron chi connectivity index (χ0n) is 11.4. The van der Waals surface area contributed by atoms with Gasteiger partial charge in [0.15, 0.2) is 0 Å². The van der Waals surface area contributed by atoms with Crippen LogP contribution in [0.25, 0.3) is 11.1 Å². The smallest absolute Gasteiger partial charge is 0.123 e. The zero-order chi connectivity index (χ0) is 14.0. The molecule has 0 fully saturated rings. The molecule has 19 heavy (non-hydrogen) atoms. The molecule has 0 saturated heterocycles. The summed E-state index contributed by atoms with van der Waals surface area (Å²) in [7, 11) is 1.64. The third-order valence-corrected chi connectivity index (χ3v) is 3.21. The summed E-state index contributed by atoms with van der Waals surface area (Å²) < 4.78 is 18.7. The lowest BCUT2D eigenvalue weighted by Crippen LogP contribution is -2.07. The molecule has 2 aromatic carbocycles. The van der Waals surface area contributed by atoms with Crippen molar-refractivity contribution in [3.8, 4) is 16.9 Å². The van der Waals surface area contributed by atoms with Gasteiger partial charge in [0.1, 0.15) is 11.6 Å². The molecule has 2 nitrogen and oxygen atoms in total. The average molecular weight is 259 g/mol.